The van der Waals surface area contributed by atoms with Crippen LogP contribution in [0, 0.1) is 19.8 Å². The minimum atomic E-state index is -4.70. The summed E-state index contributed by atoms with van der Waals surface area (Å²) in [5.41, 5.74) is 1.41. The van der Waals surface area contributed by atoms with Crippen LogP contribution in [-0.2, 0) is 15.8 Å². The van der Waals surface area contributed by atoms with E-state index < -0.39 is 23.6 Å². The molecule has 1 N–H and O–H groups in total. The van der Waals surface area contributed by atoms with Gasteiger partial charge in [0.2, 0.25) is 11.8 Å². The molecule has 0 saturated carbocycles. The molecule has 0 spiro atoms. The first-order valence-corrected chi connectivity index (χ1v) is 9.89. The Morgan fingerprint density at radius 3 is 2.66 bits per heavy atom. The van der Waals surface area contributed by atoms with Crippen molar-refractivity contribution in [3.63, 3.8) is 0 Å². The molecule has 4 rings (SSSR count). The number of anilines is 2. The average molecular weight is 443 g/mol. The summed E-state index contributed by atoms with van der Waals surface area (Å²) in [7, 11) is 0. The highest BCUT2D eigenvalue weighted by Crippen LogP contribution is 2.37. The maximum atomic E-state index is 13.7. The fourth-order valence-corrected chi connectivity index (χ4v) is 3.74. The van der Waals surface area contributed by atoms with Gasteiger partial charge in [-0.25, -0.2) is 9.67 Å². The number of aryl methyl sites for hydroxylation is 1. The monoisotopic (exact) mass is 443 g/mol. The number of nitrogens with one attached hydrogen (secondary N) is 1. The summed E-state index contributed by atoms with van der Waals surface area (Å²) in [6.45, 7) is 3.91. The number of carbonyl (C=O) groups excluding carboxylic acids is 2. The largest absolute Gasteiger partial charge is 0.418 e. The lowest BCUT2D eigenvalue weighted by Crippen LogP contribution is -2.29. The third-order valence-corrected chi connectivity index (χ3v) is 5.61. The van der Waals surface area contributed by atoms with Crippen molar-refractivity contribution in [3.8, 4) is 5.69 Å². The third-order valence-electron chi connectivity index (χ3n) is 5.61. The molecule has 2 aromatic carbocycles. The molecule has 1 atom stereocenters. The smallest absolute Gasteiger partial charge is 0.325 e. The summed E-state index contributed by atoms with van der Waals surface area (Å²) in [5.74, 6) is -1.64. The quantitative estimate of drug-likeness (QED) is 0.664. The van der Waals surface area contributed by atoms with Gasteiger partial charge >= 0.3 is 6.18 Å². The number of alkyl halides is 3. The van der Waals surface area contributed by atoms with Crippen LogP contribution in [0.5, 0.6) is 0 Å². The Morgan fingerprint density at radius 1 is 1.19 bits per heavy atom. The Hall–Kier alpha value is -3.69. The van der Waals surface area contributed by atoms with Gasteiger partial charge < -0.3 is 10.2 Å². The topological polar surface area (TPSA) is 80.1 Å². The summed E-state index contributed by atoms with van der Waals surface area (Å²) in [6.07, 6.45) is -2.28. The standard InChI is InChI=1S/C22H20F3N5O2/c1-13-4-3-5-19(14(13)2)29-10-15(8-20(29)31)21(32)28-18-7-6-16(30-12-26-11-27-30)9-17(18)22(23,24)25/h3-7,9,11-12,15H,8,10H2,1-2H3,(H,28,32)/t15-/m0/s1. The van der Waals surface area contributed by atoms with Gasteiger partial charge in [-0.15, -0.1) is 0 Å². The molecule has 1 aromatic heterocycles. The second-order valence-corrected chi connectivity index (χ2v) is 7.68. The van der Waals surface area contributed by atoms with E-state index in [-0.39, 0.29) is 30.2 Å². The SMILES string of the molecule is Cc1cccc(N2C[C@@H](C(=O)Nc3ccc(-n4cncn4)cc3C(F)(F)F)CC2=O)c1C. The van der Waals surface area contributed by atoms with E-state index in [0.717, 1.165) is 17.2 Å². The first-order valence-electron chi connectivity index (χ1n) is 9.89. The lowest BCUT2D eigenvalue weighted by atomic mass is 10.1. The molecule has 0 unspecified atom stereocenters. The van der Waals surface area contributed by atoms with Gasteiger partial charge in [-0.1, -0.05) is 12.1 Å². The van der Waals surface area contributed by atoms with E-state index in [1.165, 1.54) is 34.4 Å². The zero-order valence-corrected chi connectivity index (χ0v) is 17.3. The fourth-order valence-electron chi connectivity index (χ4n) is 3.74. The van der Waals surface area contributed by atoms with E-state index in [4.69, 9.17) is 0 Å². The van der Waals surface area contributed by atoms with Crippen molar-refractivity contribution in [2.24, 2.45) is 5.92 Å². The van der Waals surface area contributed by atoms with Gasteiger partial charge in [0, 0.05) is 18.7 Å². The first kappa shape index (κ1) is 21.5. The van der Waals surface area contributed by atoms with Crippen LogP contribution in [0.15, 0.2) is 49.1 Å². The highest BCUT2D eigenvalue weighted by atomic mass is 19.4. The minimum Gasteiger partial charge on any atom is -0.325 e. The summed E-state index contributed by atoms with van der Waals surface area (Å²) in [5, 5.41) is 6.20. The molecular formula is C22H20F3N5O2. The Labute approximate surface area is 181 Å². The number of rotatable bonds is 4. The Kier molecular flexibility index (Phi) is 5.45. The number of halogens is 3. The van der Waals surface area contributed by atoms with Crippen molar-refractivity contribution in [1.29, 1.82) is 0 Å². The summed E-state index contributed by atoms with van der Waals surface area (Å²) in [6, 6.07) is 9.02. The molecule has 0 bridgehead atoms. The van der Waals surface area contributed by atoms with Crippen molar-refractivity contribution in [1.82, 2.24) is 14.8 Å². The minimum absolute atomic E-state index is 0.0718. The van der Waals surface area contributed by atoms with E-state index in [1.807, 2.05) is 26.0 Å². The molecule has 7 nitrogen and oxygen atoms in total. The highest BCUT2D eigenvalue weighted by Gasteiger charge is 2.38. The van der Waals surface area contributed by atoms with Gasteiger partial charge in [-0.3, -0.25) is 9.59 Å². The van der Waals surface area contributed by atoms with Crippen molar-refractivity contribution in [2.45, 2.75) is 26.4 Å². The van der Waals surface area contributed by atoms with E-state index in [9.17, 15) is 22.8 Å². The van der Waals surface area contributed by atoms with Crippen LogP contribution >= 0.6 is 0 Å². The van der Waals surface area contributed by atoms with Gasteiger partial charge in [-0.2, -0.15) is 18.3 Å². The van der Waals surface area contributed by atoms with Crippen molar-refractivity contribution in [3.05, 3.63) is 65.7 Å². The molecule has 32 heavy (non-hydrogen) atoms. The van der Waals surface area contributed by atoms with Crippen molar-refractivity contribution >= 4 is 23.2 Å². The second-order valence-electron chi connectivity index (χ2n) is 7.68. The Balaban J connectivity index is 1.56. The number of carbonyl (C=O) groups is 2. The van der Waals surface area contributed by atoms with Crippen molar-refractivity contribution < 1.29 is 22.8 Å². The van der Waals surface area contributed by atoms with E-state index >= 15 is 0 Å². The molecule has 2 amide bonds. The summed E-state index contributed by atoms with van der Waals surface area (Å²) >= 11 is 0. The molecule has 1 aliphatic rings. The van der Waals surface area contributed by atoms with Gasteiger partial charge in [0.05, 0.1) is 22.9 Å². The molecule has 1 aliphatic heterocycles. The van der Waals surface area contributed by atoms with Crippen LogP contribution in [0.25, 0.3) is 5.69 Å². The van der Waals surface area contributed by atoms with Crippen LogP contribution in [0.3, 0.4) is 0 Å². The predicted molar refractivity (Wildman–Crippen MR) is 111 cm³/mol. The number of benzene rings is 2. The van der Waals surface area contributed by atoms with Crippen LogP contribution in [0.4, 0.5) is 24.5 Å². The fraction of sp³-hybridized carbons (Fsp3) is 0.273. The molecule has 0 radical (unpaired) electrons. The van der Waals surface area contributed by atoms with Gasteiger partial charge in [0.1, 0.15) is 12.7 Å². The number of aromatic nitrogens is 3. The maximum absolute atomic E-state index is 13.7. The molecule has 2 heterocycles. The Morgan fingerprint density at radius 2 is 1.97 bits per heavy atom. The van der Waals surface area contributed by atoms with Crippen LogP contribution < -0.4 is 10.2 Å². The number of hydrogen-bond acceptors (Lipinski definition) is 4. The van der Waals surface area contributed by atoms with Crippen LogP contribution in [0.2, 0.25) is 0 Å². The van der Waals surface area contributed by atoms with Crippen molar-refractivity contribution in [2.75, 3.05) is 16.8 Å². The average Bonchev–Trinajstić information content (AvgIpc) is 3.40. The maximum Gasteiger partial charge on any atom is 0.418 e. The number of amides is 2. The molecule has 166 valence electrons. The van der Waals surface area contributed by atoms with Gasteiger partial charge in [-0.05, 0) is 49.2 Å². The normalized spacial score (nSPS) is 16.5. The van der Waals surface area contributed by atoms with E-state index in [2.05, 4.69) is 15.4 Å². The summed E-state index contributed by atoms with van der Waals surface area (Å²) < 4.78 is 42.2. The molecule has 1 saturated heterocycles. The molecule has 1 fully saturated rings. The Bertz CT molecular complexity index is 1170. The van der Waals surface area contributed by atoms with Crippen LogP contribution in [-0.4, -0.2) is 33.1 Å². The van der Waals surface area contributed by atoms with Gasteiger partial charge in [0.25, 0.3) is 0 Å². The number of nitrogens with zero attached hydrogens (tertiary/aromatic N) is 4. The lowest BCUT2D eigenvalue weighted by molar-refractivity contribution is -0.137. The molecule has 3 aromatic rings. The van der Waals surface area contributed by atoms with E-state index in [1.54, 1.807) is 6.07 Å². The zero-order chi connectivity index (χ0) is 23.0. The zero-order valence-electron chi connectivity index (χ0n) is 17.3. The summed E-state index contributed by atoms with van der Waals surface area (Å²) in [4.78, 5) is 30.6. The molecule has 10 heteroatoms. The second kappa shape index (κ2) is 8.10. The predicted octanol–water partition coefficient (Wildman–Crippen LogP) is 3.89. The van der Waals surface area contributed by atoms with E-state index in [0.29, 0.717) is 5.69 Å². The molecular weight excluding hydrogens is 423 g/mol. The number of hydrogen-bond donors (Lipinski definition) is 1. The van der Waals surface area contributed by atoms with Crippen LogP contribution in [0.1, 0.15) is 23.1 Å². The molecule has 0 aliphatic carbocycles. The lowest BCUT2D eigenvalue weighted by Gasteiger charge is -2.20. The third kappa shape index (κ3) is 4.08. The first-order chi connectivity index (χ1) is 15.1. The highest BCUT2D eigenvalue weighted by molar-refractivity contribution is 6.04. The van der Waals surface area contributed by atoms with Gasteiger partial charge in [0.15, 0.2) is 0 Å².